The molecule has 2 N–H and O–H groups in total. The van der Waals surface area contributed by atoms with Gasteiger partial charge in [-0.25, -0.2) is 0 Å². The number of hydrogen-bond donors (Lipinski definition) is 2. The van der Waals surface area contributed by atoms with Crippen LogP contribution in [0.25, 0.3) is 0 Å². The molecule has 18 heavy (non-hydrogen) atoms. The highest BCUT2D eigenvalue weighted by atomic mass is 16.2. The largest absolute Gasteiger partial charge is 0.354 e. The van der Waals surface area contributed by atoms with Crippen LogP contribution in [-0.2, 0) is 16.0 Å². The normalized spacial score (nSPS) is 18.5. The van der Waals surface area contributed by atoms with Crippen LogP contribution in [0.5, 0.6) is 0 Å². The number of rotatable bonds is 4. The fourth-order valence-electron chi connectivity index (χ4n) is 2.11. The summed E-state index contributed by atoms with van der Waals surface area (Å²) in [5.74, 6) is 0.0820. The average Bonchev–Trinajstić information content (AvgIpc) is 2.76. The van der Waals surface area contributed by atoms with Crippen LogP contribution in [0.2, 0.25) is 0 Å². The van der Waals surface area contributed by atoms with E-state index < -0.39 is 0 Å². The van der Waals surface area contributed by atoms with Gasteiger partial charge in [-0.05, 0) is 24.5 Å². The Morgan fingerprint density at radius 2 is 2.22 bits per heavy atom. The minimum absolute atomic E-state index is 0.00505. The molecule has 0 bridgehead atoms. The van der Waals surface area contributed by atoms with E-state index in [1.165, 1.54) is 0 Å². The number of aryl methyl sites for hydroxylation is 1. The van der Waals surface area contributed by atoms with Crippen LogP contribution in [0, 0.1) is 6.92 Å². The second kappa shape index (κ2) is 5.67. The van der Waals surface area contributed by atoms with Gasteiger partial charge in [-0.2, -0.15) is 0 Å². The maximum absolute atomic E-state index is 11.8. The predicted molar refractivity (Wildman–Crippen MR) is 69.1 cm³/mol. The molecule has 1 aliphatic heterocycles. The lowest BCUT2D eigenvalue weighted by atomic mass is 10.1. The molecule has 2 rings (SSSR count). The summed E-state index contributed by atoms with van der Waals surface area (Å²) in [5.41, 5.74) is 2.17. The van der Waals surface area contributed by atoms with Crippen molar-refractivity contribution in [1.82, 2.24) is 10.6 Å². The first-order valence-electron chi connectivity index (χ1n) is 6.25. The van der Waals surface area contributed by atoms with E-state index in [0.29, 0.717) is 19.4 Å². The van der Waals surface area contributed by atoms with E-state index in [1.807, 2.05) is 31.2 Å². The molecule has 1 saturated heterocycles. The zero-order valence-corrected chi connectivity index (χ0v) is 10.5. The molecule has 1 fully saturated rings. The van der Waals surface area contributed by atoms with Crippen molar-refractivity contribution in [3.63, 3.8) is 0 Å². The molecule has 1 aromatic rings. The first-order valence-corrected chi connectivity index (χ1v) is 6.25. The molecular weight excluding hydrogens is 228 g/mol. The number of carbonyl (C=O) groups is 2. The van der Waals surface area contributed by atoms with Crippen molar-refractivity contribution in [2.24, 2.45) is 0 Å². The zero-order valence-electron chi connectivity index (χ0n) is 10.5. The zero-order chi connectivity index (χ0) is 13.0. The highest BCUT2D eigenvalue weighted by Crippen LogP contribution is 2.08. The summed E-state index contributed by atoms with van der Waals surface area (Å²) in [6, 6.07) is 7.96. The van der Waals surface area contributed by atoms with Gasteiger partial charge in [0.25, 0.3) is 0 Å². The summed E-state index contributed by atoms with van der Waals surface area (Å²) in [4.78, 5) is 22.8. The van der Waals surface area contributed by atoms with E-state index in [2.05, 4.69) is 10.6 Å². The Morgan fingerprint density at radius 3 is 2.89 bits per heavy atom. The molecule has 96 valence electrons. The molecule has 1 aromatic carbocycles. The fourth-order valence-corrected chi connectivity index (χ4v) is 2.11. The second-order valence-electron chi connectivity index (χ2n) is 4.71. The smallest absolute Gasteiger partial charge is 0.224 e. The number of amides is 2. The van der Waals surface area contributed by atoms with Crippen molar-refractivity contribution in [2.75, 3.05) is 6.54 Å². The molecule has 0 saturated carbocycles. The third kappa shape index (κ3) is 3.32. The van der Waals surface area contributed by atoms with Gasteiger partial charge in [0.05, 0.1) is 6.42 Å². The fraction of sp³-hybridized carbons (Fsp3) is 0.429. The van der Waals surface area contributed by atoms with Crippen molar-refractivity contribution in [2.45, 2.75) is 32.2 Å². The van der Waals surface area contributed by atoms with E-state index in [0.717, 1.165) is 17.5 Å². The number of benzene rings is 1. The molecule has 1 aliphatic rings. The summed E-state index contributed by atoms with van der Waals surface area (Å²) in [6.45, 7) is 2.52. The van der Waals surface area contributed by atoms with Gasteiger partial charge in [0.15, 0.2) is 0 Å². The van der Waals surface area contributed by atoms with E-state index >= 15 is 0 Å². The van der Waals surface area contributed by atoms with Crippen molar-refractivity contribution in [3.8, 4) is 0 Å². The molecule has 1 unspecified atom stereocenters. The van der Waals surface area contributed by atoms with Crippen LogP contribution in [0.15, 0.2) is 24.3 Å². The molecule has 0 spiro atoms. The van der Waals surface area contributed by atoms with Crippen LogP contribution in [-0.4, -0.2) is 24.4 Å². The van der Waals surface area contributed by atoms with Gasteiger partial charge in [-0.1, -0.05) is 24.3 Å². The van der Waals surface area contributed by atoms with Crippen molar-refractivity contribution in [1.29, 1.82) is 0 Å². The lowest BCUT2D eigenvalue weighted by Crippen LogP contribution is -2.39. The van der Waals surface area contributed by atoms with Gasteiger partial charge in [0.2, 0.25) is 11.8 Å². The summed E-state index contributed by atoms with van der Waals surface area (Å²) >= 11 is 0. The monoisotopic (exact) mass is 246 g/mol. The molecule has 1 atom stereocenters. The first kappa shape index (κ1) is 12.6. The molecule has 0 radical (unpaired) electrons. The second-order valence-corrected chi connectivity index (χ2v) is 4.71. The van der Waals surface area contributed by atoms with E-state index in [4.69, 9.17) is 0 Å². The molecule has 1 heterocycles. The van der Waals surface area contributed by atoms with Crippen molar-refractivity contribution in [3.05, 3.63) is 35.4 Å². The maximum Gasteiger partial charge on any atom is 0.224 e. The van der Waals surface area contributed by atoms with Gasteiger partial charge in [0.1, 0.15) is 0 Å². The van der Waals surface area contributed by atoms with Gasteiger partial charge < -0.3 is 10.6 Å². The summed E-state index contributed by atoms with van der Waals surface area (Å²) in [6.07, 6.45) is 1.77. The van der Waals surface area contributed by atoms with Crippen LogP contribution in [0.1, 0.15) is 24.0 Å². The van der Waals surface area contributed by atoms with Crippen LogP contribution in [0.4, 0.5) is 0 Å². The molecular formula is C14H18N2O2. The SMILES string of the molecule is Cc1ccccc1CC(=O)NCC1CCC(=O)N1. The van der Waals surface area contributed by atoms with Crippen LogP contribution >= 0.6 is 0 Å². The van der Waals surface area contributed by atoms with E-state index in [1.54, 1.807) is 0 Å². The average molecular weight is 246 g/mol. The van der Waals surface area contributed by atoms with Crippen LogP contribution in [0.3, 0.4) is 0 Å². The molecule has 0 aliphatic carbocycles. The van der Waals surface area contributed by atoms with Crippen molar-refractivity contribution >= 4 is 11.8 Å². The Kier molecular flexibility index (Phi) is 3.97. The number of nitrogens with one attached hydrogen (secondary N) is 2. The van der Waals surface area contributed by atoms with Crippen molar-refractivity contribution < 1.29 is 9.59 Å². The quantitative estimate of drug-likeness (QED) is 0.830. The van der Waals surface area contributed by atoms with Gasteiger partial charge >= 0.3 is 0 Å². The third-order valence-electron chi connectivity index (χ3n) is 3.24. The Hall–Kier alpha value is -1.84. The summed E-state index contributed by atoms with van der Waals surface area (Å²) in [7, 11) is 0. The Labute approximate surface area is 107 Å². The maximum atomic E-state index is 11.8. The lowest BCUT2D eigenvalue weighted by molar-refractivity contribution is -0.121. The minimum Gasteiger partial charge on any atom is -0.354 e. The van der Waals surface area contributed by atoms with Gasteiger partial charge in [-0.3, -0.25) is 9.59 Å². The number of carbonyl (C=O) groups excluding carboxylic acids is 2. The van der Waals surface area contributed by atoms with Gasteiger partial charge in [0, 0.05) is 19.0 Å². The molecule has 4 heteroatoms. The first-order chi connectivity index (χ1) is 8.65. The van der Waals surface area contributed by atoms with Crippen LogP contribution < -0.4 is 10.6 Å². The minimum atomic E-state index is 0.00505. The highest BCUT2D eigenvalue weighted by Gasteiger charge is 2.20. The Balaban J connectivity index is 1.79. The predicted octanol–water partition coefficient (Wildman–Crippen LogP) is 0.932. The highest BCUT2D eigenvalue weighted by molar-refractivity contribution is 5.80. The van der Waals surface area contributed by atoms with E-state index in [9.17, 15) is 9.59 Å². The van der Waals surface area contributed by atoms with E-state index in [-0.39, 0.29) is 17.9 Å². The Morgan fingerprint density at radius 1 is 1.44 bits per heavy atom. The standard InChI is InChI=1S/C14H18N2O2/c1-10-4-2-3-5-11(10)8-14(18)15-9-12-6-7-13(17)16-12/h2-5,12H,6-9H2,1H3,(H,15,18)(H,16,17). The number of hydrogen-bond acceptors (Lipinski definition) is 2. The topological polar surface area (TPSA) is 58.2 Å². The lowest BCUT2D eigenvalue weighted by Gasteiger charge is -2.12. The summed E-state index contributed by atoms with van der Waals surface area (Å²) < 4.78 is 0. The van der Waals surface area contributed by atoms with Gasteiger partial charge in [-0.15, -0.1) is 0 Å². The molecule has 4 nitrogen and oxygen atoms in total. The molecule has 2 amide bonds. The Bertz CT molecular complexity index is 457. The third-order valence-corrected chi connectivity index (χ3v) is 3.24. The molecule has 0 aromatic heterocycles. The summed E-state index contributed by atoms with van der Waals surface area (Å²) in [5, 5.41) is 5.70.